The average Bonchev–Trinajstić information content (AvgIpc) is 2.72. The molecule has 0 aromatic heterocycles. The summed E-state index contributed by atoms with van der Waals surface area (Å²) in [6.07, 6.45) is -0.675. The quantitative estimate of drug-likeness (QED) is 0.760. The molecule has 0 radical (unpaired) electrons. The molecule has 0 spiro atoms. The van der Waals surface area contributed by atoms with Crippen LogP contribution in [-0.2, 0) is 15.8 Å². The van der Waals surface area contributed by atoms with Gasteiger partial charge in [0, 0.05) is 30.8 Å². The van der Waals surface area contributed by atoms with E-state index >= 15 is 0 Å². The van der Waals surface area contributed by atoms with E-state index in [4.69, 9.17) is 0 Å². The van der Waals surface area contributed by atoms with Crippen LogP contribution in [0.4, 0.5) is 18.9 Å². The lowest BCUT2D eigenvalue weighted by Crippen LogP contribution is -2.40. The van der Waals surface area contributed by atoms with E-state index < -0.39 is 11.7 Å². The molecular formula is C22H21F3N2O2. The molecule has 29 heavy (non-hydrogen) atoms. The normalized spacial score (nSPS) is 15.5. The number of amides is 2. The molecular weight excluding hydrogens is 381 g/mol. The van der Waals surface area contributed by atoms with Gasteiger partial charge in [0.1, 0.15) is 0 Å². The Balaban J connectivity index is 1.52. The molecule has 4 nitrogen and oxygen atoms in total. The maximum Gasteiger partial charge on any atom is 0.416 e. The van der Waals surface area contributed by atoms with Crippen LogP contribution in [0.15, 0.2) is 60.7 Å². The Morgan fingerprint density at radius 2 is 1.69 bits per heavy atom. The highest BCUT2D eigenvalue weighted by Crippen LogP contribution is 2.29. The molecule has 1 aliphatic heterocycles. The molecule has 1 saturated heterocycles. The fraction of sp³-hybridized carbons (Fsp3) is 0.273. The summed E-state index contributed by atoms with van der Waals surface area (Å²) >= 11 is 0. The summed E-state index contributed by atoms with van der Waals surface area (Å²) in [7, 11) is 0. The van der Waals surface area contributed by atoms with Gasteiger partial charge in [-0.15, -0.1) is 0 Å². The van der Waals surface area contributed by atoms with Crippen molar-refractivity contribution in [2.45, 2.75) is 19.0 Å². The Kier molecular flexibility index (Phi) is 6.36. The first-order valence-corrected chi connectivity index (χ1v) is 9.33. The number of nitrogens with zero attached hydrogens (tertiary/aromatic N) is 1. The second-order valence-corrected chi connectivity index (χ2v) is 6.91. The van der Waals surface area contributed by atoms with Gasteiger partial charge in [-0.05, 0) is 48.7 Å². The van der Waals surface area contributed by atoms with Crippen molar-refractivity contribution in [2.75, 3.05) is 18.4 Å². The zero-order valence-electron chi connectivity index (χ0n) is 15.7. The molecule has 2 aromatic carbocycles. The van der Waals surface area contributed by atoms with Crippen LogP contribution in [0.5, 0.6) is 0 Å². The number of nitrogens with one attached hydrogen (secondary N) is 1. The van der Waals surface area contributed by atoms with Crippen molar-refractivity contribution in [3.63, 3.8) is 0 Å². The molecule has 2 aromatic rings. The zero-order chi connectivity index (χ0) is 20.9. The minimum absolute atomic E-state index is 0.0668. The number of para-hydroxylation sites is 1. The molecule has 152 valence electrons. The lowest BCUT2D eigenvalue weighted by atomic mass is 9.95. The van der Waals surface area contributed by atoms with E-state index in [1.54, 1.807) is 4.90 Å². The van der Waals surface area contributed by atoms with Gasteiger partial charge in [-0.2, -0.15) is 13.2 Å². The number of hydrogen-bond acceptors (Lipinski definition) is 2. The van der Waals surface area contributed by atoms with Crippen molar-refractivity contribution >= 4 is 23.6 Å². The fourth-order valence-electron chi connectivity index (χ4n) is 3.22. The van der Waals surface area contributed by atoms with E-state index in [0.717, 1.165) is 17.8 Å². The van der Waals surface area contributed by atoms with Gasteiger partial charge in [0.05, 0.1) is 5.56 Å². The maximum absolute atomic E-state index is 12.8. The Morgan fingerprint density at radius 3 is 2.34 bits per heavy atom. The highest BCUT2D eigenvalue weighted by Gasteiger charge is 2.30. The summed E-state index contributed by atoms with van der Waals surface area (Å²) in [5.41, 5.74) is 0.294. The number of benzene rings is 2. The Hall–Kier alpha value is -3.09. The lowest BCUT2D eigenvalue weighted by molar-refractivity contribution is -0.137. The second-order valence-electron chi connectivity index (χ2n) is 6.91. The van der Waals surface area contributed by atoms with Gasteiger partial charge >= 0.3 is 6.18 Å². The van der Waals surface area contributed by atoms with Crippen molar-refractivity contribution in [3.8, 4) is 0 Å². The highest BCUT2D eigenvalue weighted by molar-refractivity contribution is 5.94. The molecule has 3 rings (SSSR count). The molecule has 0 atom stereocenters. The number of halogens is 3. The molecule has 7 heteroatoms. The van der Waals surface area contributed by atoms with Crippen LogP contribution in [0.3, 0.4) is 0 Å². The predicted octanol–water partition coefficient (Wildman–Crippen LogP) is 4.60. The van der Waals surface area contributed by atoms with E-state index in [1.165, 1.54) is 24.3 Å². The molecule has 0 unspecified atom stereocenters. The SMILES string of the molecule is O=C(Nc1ccccc1)C1CCN(C(=O)/C=C/c2cccc(C(F)(F)F)c2)CC1. The van der Waals surface area contributed by atoms with Crippen LogP contribution in [0.2, 0.25) is 0 Å². The third kappa shape index (κ3) is 5.70. The van der Waals surface area contributed by atoms with E-state index in [1.807, 2.05) is 30.3 Å². The van der Waals surface area contributed by atoms with Gasteiger partial charge < -0.3 is 10.2 Å². The standard InChI is InChI=1S/C22H21F3N2O2/c23-22(24,25)18-6-4-5-16(15-18)9-10-20(28)27-13-11-17(12-14-27)21(29)26-19-7-2-1-3-8-19/h1-10,15,17H,11-14H2,(H,26,29)/b10-9+. The number of carbonyl (C=O) groups excluding carboxylic acids is 2. The monoisotopic (exact) mass is 402 g/mol. The Bertz CT molecular complexity index is 886. The molecule has 1 heterocycles. The average molecular weight is 402 g/mol. The number of piperidine rings is 1. The van der Waals surface area contributed by atoms with Crippen LogP contribution in [0, 0.1) is 5.92 Å². The largest absolute Gasteiger partial charge is 0.416 e. The van der Waals surface area contributed by atoms with Crippen LogP contribution >= 0.6 is 0 Å². The topological polar surface area (TPSA) is 49.4 Å². The fourth-order valence-corrected chi connectivity index (χ4v) is 3.22. The third-order valence-electron chi connectivity index (χ3n) is 4.85. The van der Waals surface area contributed by atoms with E-state index in [-0.39, 0.29) is 17.7 Å². The highest BCUT2D eigenvalue weighted by atomic mass is 19.4. The number of hydrogen-bond donors (Lipinski definition) is 1. The minimum atomic E-state index is -4.42. The summed E-state index contributed by atoms with van der Waals surface area (Å²) < 4.78 is 38.3. The van der Waals surface area contributed by atoms with Crippen LogP contribution in [0.25, 0.3) is 6.08 Å². The van der Waals surface area contributed by atoms with Crippen molar-refractivity contribution < 1.29 is 22.8 Å². The minimum Gasteiger partial charge on any atom is -0.339 e. The molecule has 0 bridgehead atoms. The van der Waals surface area contributed by atoms with Gasteiger partial charge in [-0.25, -0.2) is 0 Å². The Morgan fingerprint density at radius 1 is 1.00 bits per heavy atom. The van der Waals surface area contributed by atoms with E-state index in [0.29, 0.717) is 31.5 Å². The summed E-state index contributed by atoms with van der Waals surface area (Å²) in [4.78, 5) is 26.3. The molecule has 1 fully saturated rings. The summed E-state index contributed by atoms with van der Waals surface area (Å²) in [6, 6.07) is 14.0. The zero-order valence-corrected chi connectivity index (χ0v) is 15.7. The summed E-state index contributed by atoms with van der Waals surface area (Å²) in [6.45, 7) is 0.858. The Labute approximate surface area is 167 Å². The lowest BCUT2D eigenvalue weighted by Gasteiger charge is -2.30. The smallest absolute Gasteiger partial charge is 0.339 e. The first-order chi connectivity index (χ1) is 13.8. The maximum atomic E-state index is 12.8. The first kappa shape index (κ1) is 20.6. The molecule has 0 aliphatic carbocycles. The number of rotatable bonds is 4. The van der Waals surface area contributed by atoms with Gasteiger partial charge in [-0.3, -0.25) is 9.59 Å². The summed E-state index contributed by atoms with van der Waals surface area (Å²) in [5.74, 6) is -0.515. The number of likely N-dealkylation sites (tertiary alicyclic amines) is 1. The number of anilines is 1. The number of alkyl halides is 3. The van der Waals surface area contributed by atoms with Crippen molar-refractivity contribution in [2.24, 2.45) is 5.92 Å². The predicted molar refractivity (Wildman–Crippen MR) is 105 cm³/mol. The van der Waals surface area contributed by atoms with Crippen molar-refractivity contribution in [3.05, 3.63) is 71.8 Å². The number of carbonyl (C=O) groups is 2. The van der Waals surface area contributed by atoms with Gasteiger partial charge in [0.25, 0.3) is 0 Å². The third-order valence-corrected chi connectivity index (χ3v) is 4.85. The molecule has 2 amide bonds. The van der Waals surface area contributed by atoms with Crippen LogP contribution in [0.1, 0.15) is 24.0 Å². The molecule has 1 aliphatic rings. The first-order valence-electron chi connectivity index (χ1n) is 9.33. The van der Waals surface area contributed by atoms with Gasteiger partial charge in [0.2, 0.25) is 11.8 Å². The van der Waals surface area contributed by atoms with Crippen molar-refractivity contribution in [1.29, 1.82) is 0 Å². The summed E-state index contributed by atoms with van der Waals surface area (Å²) in [5, 5.41) is 2.87. The van der Waals surface area contributed by atoms with E-state index in [9.17, 15) is 22.8 Å². The van der Waals surface area contributed by atoms with Gasteiger partial charge in [0.15, 0.2) is 0 Å². The molecule has 1 N–H and O–H groups in total. The van der Waals surface area contributed by atoms with Crippen LogP contribution in [-0.4, -0.2) is 29.8 Å². The van der Waals surface area contributed by atoms with Crippen molar-refractivity contribution in [1.82, 2.24) is 4.90 Å². The van der Waals surface area contributed by atoms with E-state index in [2.05, 4.69) is 5.32 Å². The second kappa shape index (κ2) is 8.94. The molecule has 0 saturated carbocycles. The van der Waals surface area contributed by atoms with Crippen LogP contribution < -0.4 is 5.32 Å². The van der Waals surface area contributed by atoms with Gasteiger partial charge in [-0.1, -0.05) is 30.3 Å².